The molecule has 1 saturated carbocycles. The summed E-state index contributed by atoms with van der Waals surface area (Å²) in [6.07, 6.45) is 0.0365. The van der Waals surface area contributed by atoms with Gasteiger partial charge in [-0.05, 0) is 38.5 Å². The summed E-state index contributed by atoms with van der Waals surface area (Å²) in [5, 5.41) is 12.0. The highest BCUT2D eigenvalue weighted by molar-refractivity contribution is 5.80. The minimum Gasteiger partial charge on any atom is -0.481 e. The number of ether oxygens (including phenoxy) is 1. The number of hydrogen-bond acceptors (Lipinski definition) is 3. The SMILES string of the molecule is CC(C)(C)OC(=O)NCC1(C(=O)O)CC1C(C)(C)C. The van der Waals surface area contributed by atoms with E-state index in [9.17, 15) is 14.7 Å². The lowest BCUT2D eigenvalue weighted by molar-refractivity contribution is -0.144. The molecule has 1 fully saturated rings. The van der Waals surface area contributed by atoms with Crippen LogP contribution in [-0.4, -0.2) is 29.3 Å². The van der Waals surface area contributed by atoms with Crippen molar-refractivity contribution in [2.75, 3.05) is 6.54 Å². The molecule has 2 N–H and O–H groups in total. The molecule has 0 heterocycles. The molecule has 2 unspecified atom stereocenters. The van der Waals surface area contributed by atoms with Gasteiger partial charge in [-0.25, -0.2) is 4.79 Å². The largest absolute Gasteiger partial charge is 0.481 e. The molecule has 1 amide bonds. The third-order valence-electron chi connectivity index (χ3n) is 3.49. The van der Waals surface area contributed by atoms with E-state index < -0.39 is 23.1 Å². The highest BCUT2D eigenvalue weighted by atomic mass is 16.6. The molecule has 5 heteroatoms. The van der Waals surface area contributed by atoms with E-state index in [1.807, 2.05) is 20.8 Å². The van der Waals surface area contributed by atoms with Crippen molar-refractivity contribution in [3.05, 3.63) is 0 Å². The minimum atomic E-state index is -0.844. The molecule has 0 aromatic heterocycles. The minimum absolute atomic E-state index is 0.0754. The predicted molar refractivity (Wildman–Crippen MR) is 71.9 cm³/mol. The normalized spacial score (nSPS) is 26.7. The van der Waals surface area contributed by atoms with E-state index in [-0.39, 0.29) is 17.9 Å². The van der Waals surface area contributed by atoms with Crippen LogP contribution in [0.5, 0.6) is 0 Å². The van der Waals surface area contributed by atoms with Crippen LogP contribution >= 0.6 is 0 Å². The fourth-order valence-corrected chi connectivity index (χ4v) is 2.49. The first-order chi connectivity index (χ1) is 8.38. The van der Waals surface area contributed by atoms with E-state index in [0.29, 0.717) is 6.42 Å². The van der Waals surface area contributed by atoms with Crippen molar-refractivity contribution in [2.24, 2.45) is 16.7 Å². The Balaban J connectivity index is 2.60. The number of carboxylic acids is 1. The monoisotopic (exact) mass is 271 g/mol. The van der Waals surface area contributed by atoms with Crippen LogP contribution in [0.1, 0.15) is 48.0 Å². The molecule has 0 radical (unpaired) electrons. The van der Waals surface area contributed by atoms with Crippen LogP contribution in [0.15, 0.2) is 0 Å². The number of amides is 1. The first-order valence-electron chi connectivity index (χ1n) is 6.59. The number of aliphatic carboxylic acids is 1. The zero-order valence-electron chi connectivity index (χ0n) is 12.7. The Hall–Kier alpha value is -1.26. The molecule has 0 aliphatic heterocycles. The van der Waals surface area contributed by atoms with Gasteiger partial charge in [0.05, 0.1) is 5.41 Å². The Kier molecular flexibility index (Phi) is 3.90. The Bertz CT molecular complexity index is 378. The molecule has 19 heavy (non-hydrogen) atoms. The predicted octanol–water partition coefficient (Wildman–Crippen LogP) is 2.65. The summed E-state index contributed by atoms with van der Waals surface area (Å²) in [4.78, 5) is 23.0. The van der Waals surface area contributed by atoms with Gasteiger partial charge in [0, 0.05) is 6.54 Å². The second kappa shape index (κ2) is 4.69. The van der Waals surface area contributed by atoms with Gasteiger partial charge in [-0.2, -0.15) is 0 Å². The number of carboxylic acid groups (broad SMARTS) is 1. The molecular formula is C14H25NO4. The fourth-order valence-electron chi connectivity index (χ4n) is 2.49. The summed E-state index contributed by atoms with van der Waals surface area (Å²) < 4.78 is 5.12. The topological polar surface area (TPSA) is 75.6 Å². The third-order valence-corrected chi connectivity index (χ3v) is 3.49. The van der Waals surface area contributed by atoms with Gasteiger partial charge in [0.1, 0.15) is 5.60 Å². The number of carbonyl (C=O) groups is 2. The average molecular weight is 271 g/mol. The molecule has 1 aliphatic rings. The summed E-state index contributed by atoms with van der Waals surface area (Å²) in [7, 11) is 0. The Morgan fingerprint density at radius 1 is 1.26 bits per heavy atom. The number of hydrogen-bond donors (Lipinski definition) is 2. The highest BCUT2D eigenvalue weighted by Gasteiger charge is 2.64. The first-order valence-corrected chi connectivity index (χ1v) is 6.59. The summed E-state index contributed by atoms with van der Waals surface area (Å²) in [6.45, 7) is 11.5. The van der Waals surface area contributed by atoms with Gasteiger partial charge in [-0.15, -0.1) is 0 Å². The molecular weight excluding hydrogens is 246 g/mol. The molecule has 1 aliphatic carbocycles. The molecule has 0 aromatic rings. The second-order valence-corrected chi connectivity index (χ2v) is 7.44. The quantitative estimate of drug-likeness (QED) is 0.827. The van der Waals surface area contributed by atoms with Gasteiger partial charge in [-0.1, -0.05) is 20.8 Å². The summed E-state index contributed by atoms with van der Waals surface area (Å²) in [5.74, 6) is -0.768. The Morgan fingerprint density at radius 2 is 1.79 bits per heavy atom. The lowest BCUT2D eigenvalue weighted by Crippen LogP contribution is -2.39. The van der Waals surface area contributed by atoms with Crippen molar-refractivity contribution in [2.45, 2.75) is 53.6 Å². The summed E-state index contributed by atoms with van der Waals surface area (Å²) >= 11 is 0. The van der Waals surface area contributed by atoms with Crippen LogP contribution in [0.3, 0.4) is 0 Å². The summed E-state index contributed by atoms with van der Waals surface area (Å²) in [6, 6.07) is 0. The van der Waals surface area contributed by atoms with Crippen molar-refractivity contribution < 1.29 is 19.4 Å². The average Bonchev–Trinajstić information content (AvgIpc) is 2.87. The van der Waals surface area contributed by atoms with Crippen molar-refractivity contribution in [3.8, 4) is 0 Å². The molecule has 0 spiro atoms. The van der Waals surface area contributed by atoms with Gasteiger partial charge in [0.15, 0.2) is 0 Å². The van der Waals surface area contributed by atoms with E-state index in [1.165, 1.54) is 0 Å². The smallest absolute Gasteiger partial charge is 0.407 e. The molecule has 2 atom stereocenters. The second-order valence-electron chi connectivity index (χ2n) is 7.44. The van der Waals surface area contributed by atoms with Crippen LogP contribution in [-0.2, 0) is 9.53 Å². The highest BCUT2D eigenvalue weighted by Crippen LogP contribution is 2.60. The lowest BCUT2D eigenvalue weighted by Gasteiger charge is -2.24. The van der Waals surface area contributed by atoms with Crippen molar-refractivity contribution in [3.63, 3.8) is 0 Å². The van der Waals surface area contributed by atoms with Crippen LogP contribution in [0.4, 0.5) is 4.79 Å². The van der Waals surface area contributed by atoms with E-state index in [2.05, 4.69) is 5.32 Å². The standard InChI is InChI=1S/C14H25NO4/c1-12(2,3)9-7-14(9,10(16)17)8-15-11(18)19-13(4,5)6/h9H,7-8H2,1-6H3,(H,15,18)(H,16,17). The maximum atomic E-state index is 11.6. The van der Waals surface area contributed by atoms with Crippen molar-refractivity contribution in [1.82, 2.24) is 5.32 Å². The summed E-state index contributed by atoms with van der Waals surface area (Å²) in [5.41, 5.74) is -1.49. The number of nitrogens with one attached hydrogen (secondary N) is 1. The molecule has 0 aromatic carbocycles. The van der Waals surface area contributed by atoms with Gasteiger partial charge in [0.25, 0.3) is 0 Å². The van der Waals surface area contributed by atoms with E-state index in [0.717, 1.165) is 0 Å². The molecule has 1 rings (SSSR count). The zero-order chi connectivity index (χ0) is 15.1. The Morgan fingerprint density at radius 3 is 2.11 bits per heavy atom. The van der Waals surface area contributed by atoms with Crippen LogP contribution in [0.25, 0.3) is 0 Å². The van der Waals surface area contributed by atoms with Gasteiger partial charge >= 0.3 is 12.1 Å². The molecule has 5 nitrogen and oxygen atoms in total. The zero-order valence-corrected chi connectivity index (χ0v) is 12.7. The van der Waals surface area contributed by atoms with Crippen LogP contribution < -0.4 is 5.32 Å². The number of rotatable bonds is 3. The molecule has 110 valence electrons. The van der Waals surface area contributed by atoms with Gasteiger partial charge < -0.3 is 15.2 Å². The first kappa shape index (κ1) is 15.8. The van der Waals surface area contributed by atoms with Crippen LogP contribution in [0.2, 0.25) is 0 Å². The molecule has 0 bridgehead atoms. The third kappa shape index (κ3) is 3.85. The van der Waals surface area contributed by atoms with Crippen molar-refractivity contribution in [1.29, 1.82) is 0 Å². The maximum absolute atomic E-state index is 11.6. The van der Waals surface area contributed by atoms with E-state index in [1.54, 1.807) is 20.8 Å². The van der Waals surface area contributed by atoms with Crippen molar-refractivity contribution >= 4 is 12.1 Å². The fraction of sp³-hybridized carbons (Fsp3) is 0.857. The van der Waals surface area contributed by atoms with Gasteiger partial charge in [0.2, 0.25) is 0 Å². The Labute approximate surface area is 114 Å². The number of alkyl carbamates (subject to hydrolysis) is 1. The van der Waals surface area contributed by atoms with Crippen LogP contribution in [0, 0.1) is 16.7 Å². The number of carbonyl (C=O) groups excluding carboxylic acids is 1. The van der Waals surface area contributed by atoms with Gasteiger partial charge in [-0.3, -0.25) is 4.79 Å². The lowest BCUT2D eigenvalue weighted by atomic mass is 9.84. The maximum Gasteiger partial charge on any atom is 0.407 e. The van der Waals surface area contributed by atoms with E-state index in [4.69, 9.17) is 4.74 Å². The molecule has 0 saturated heterocycles. The van der Waals surface area contributed by atoms with E-state index >= 15 is 0 Å².